The van der Waals surface area contributed by atoms with E-state index in [9.17, 15) is 22.8 Å². The van der Waals surface area contributed by atoms with Crippen molar-refractivity contribution in [3.63, 3.8) is 0 Å². The predicted molar refractivity (Wildman–Crippen MR) is 51.1 cm³/mol. The van der Waals surface area contributed by atoms with E-state index in [0.29, 0.717) is 0 Å². The highest BCUT2D eigenvalue weighted by atomic mass is 19.2. The average Bonchev–Trinajstić information content (AvgIpc) is 2.25. The molecule has 0 aromatic heterocycles. The minimum atomic E-state index is -2.03. The number of benzene rings is 1. The zero-order valence-electron chi connectivity index (χ0n) is 9.21. The number of esters is 1. The van der Waals surface area contributed by atoms with Crippen LogP contribution >= 0.6 is 0 Å². The van der Waals surface area contributed by atoms with Crippen molar-refractivity contribution >= 4 is 11.9 Å². The summed E-state index contributed by atoms with van der Waals surface area (Å²) in [5, 5.41) is 8.72. The smallest absolute Gasteiger partial charge is 0.342 e. The average molecular weight is 264 g/mol. The fourth-order valence-corrected chi connectivity index (χ4v) is 1.23. The van der Waals surface area contributed by atoms with Gasteiger partial charge in [-0.15, -0.1) is 0 Å². The number of carbonyl (C=O) groups is 2. The van der Waals surface area contributed by atoms with Gasteiger partial charge in [-0.05, 0) is 0 Å². The van der Waals surface area contributed by atoms with Crippen LogP contribution in [-0.4, -0.2) is 24.2 Å². The molecule has 0 aliphatic heterocycles. The number of carbonyl (C=O) groups excluding carboxylic acids is 1. The van der Waals surface area contributed by atoms with Crippen LogP contribution in [0.5, 0.6) is 11.5 Å². The topological polar surface area (TPSA) is 72.8 Å². The van der Waals surface area contributed by atoms with Gasteiger partial charge in [0.1, 0.15) is 5.56 Å². The van der Waals surface area contributed by atoms with Gasteiger partial charge in [0, 0.05) is 6.92 Å². The molecule has 0 radical (unpaired) electrons. The third-order valence-electron chi connectivity index (χ3n) is 1.90. The van der Waals surface area contributed by atoms with Crippen LogP contribution in [-0.2, 0) is 4.79 Å². The maximum atomic E-state index is 13.3. The Balaban J connectivity index is 3.71. The number of aromatic carboxylic acids is 1. The van der Waals surface area contributed by atoms with E-state index < -0.39 is 46.5 Å². The molecule has 18 heavy (non-hydrogen) atoms. The highest BCUT2D eigenvalue weighted by molar-refractivity contribution is 5.93. The first-order chi connectivity index (χ1) is 8.31. The van der Waals surface area contributed by atoms with Crippen LogP contribution in [0.1, 0.15) is 17.3 Å². The Bertz CT molecular complexity index is 527. The molecule has 1 rings (SSSR count). The molecule has 1 aromatic rings. The van der Waals surface area contributed by atoms with Gasteiger partial charge in [-0.1, -0.05) is 0 Å². The number of hydrogen-bond donors (Lipinski definition) is 1. The minimum absolute atomic E-state index is 0.879. The molecule has 1 N–H and O–H groups in total. The number of rotatable bonds is 3. The zero-order chi connectivity index (χ0) is 14.0. The van der Waals surface area contributed by atoms with Gasteiger partial charge < -0.3 is 14.6 Å². The third kappa shape index (κ3) is 2.22. The molecule has 0 spiro atoms. The molecule has 0 unspecified atom stereocenters. The van der Waals surface area contributed by atoms with Gasteiger partial charge in [0.15, 0.2) is 17.4 Å². The number of carboxylic acids is 1. The molecule has 5 nitrogen and oxygen atoms in total. The van der Waals surface area contributed by atoms with Crippen molar-refractivity contribution in [3.8, 4) is 11.5 Å². The highest BCUT2D eigenvalue weighted by Crippen LogP contribution is 2.38. The number of carboxylic acid groups (broad SMARTS) is 1. The Morgan fingerprint density at radius 2 is 1.61 bits per heavy atom. The maximum Gasteiger partial charge on any atom is 0.342 e. The number of hydrogen-bond acceptors (Lipinski definition) is 4. The molecule has 0 saturated carbocycles. The first kappa shape index (κ1) is 13.8. The van der Waals surface area contributed by atoms with Crippen molar-refractivity contribution in [2.24, 2.45) is 0 Å². The van der Waals surface area contributed by atoms with E-state index >= 15 is 0 Å². The van der Waals surface area contributed by atoms with Crippen LogP contribution in [0.2, 0.25) is 0 Å². The maximum absolute atomic E-state index is 13.3. The molecule has 8 heteroatoms. The molecule has 0 saturated heterocycles. The van der Waals surface area contributed by atoms with Crippen LogP contribution in [0.4, 0.5) is 13.2 Å². The number of ether oxygens (including phenoxy) is 2. The van der Waals surface area contributed by atoms with Gasteiger partial charge in [0.2, 0.25) is 11.6 Å². The van der Waals surface area contributed by atoms with Crippen LogP contribution in [0.25, 0.3) is 0 Å². The molecule has 1 aromatic carbocycles. The van der Waals surface area contributed by atoms with E-state index in [2.05, 4.69) is 9.47 Å². The summed E-state index contributed by atoms with van der Waals surface area (Å²) in [5.74, 6) is -10.8. The fraction of sp³-hybridized carbons (Fsp3) is 0.200. The Kier molecular flexibility index (Phi) is 3.79. The van der Waals surface area contributed by atoms with Gasteiger partial charge in [0.25, 0.3) is 0 Å². The molecule has 0 fully saturated rings. The number of methoxy groups -OCH3 is 1. The monoisotopic (exact) mass is 264 g/mol. The normalized spacial score (nSPS) is 10.1. The van der Waals surface area contributed by atoms with E-state index in [-0.39, 0.29) is 0 Å². The molecular weight excluding hydrogens is 257 g/mol. The van der Waals surface area contributed by atoms with Gasteiger partial charge in [-0.3, -0.25) is 4.79 Å². The number of halogens is 3. The first-order valence-corrected chi connectivity index (χ1v) is 4.47. The predicted octanol–water partition coefficient (Wildman–Crippen LogP) is 1.74. The molecule has 0 amide bonds. The second kappa shape index (κ2) is 4.94. The molecule has 0 atom stereocenters. The summed E-state index contributed by atoms with van der Waals surface area (Å²) in [5.41, 5.74) is -1.32. The summed E-state index contributed by atoms with van der Waals surface area (Å²) < 4.78 is 48.4. The van der Waals surface area contributed by atoms with Gasteiger partial charge in [-0.25, -0.2) is 13.6 Å². The largest absolute Gasteiger partial charge is 0.490 e. The van der Waals surface area contributed by atoms with E-state index in [1.807, 2.05) is 0 Å². The highest BCUT2D eigenvalue weighted by Gasteiger charge is 2.31. The van der Waals surface area contributed by atoms with Crippen molar-refractivity contribution in [2.45, 2.75) is 6.92 Å². The Labute approximate surface area is 98.7 Å². The van der Waals surface area contributed by atoms with Gasteiger partial charge >= 0.3 is 11.9 Å². The summed E-state index contributed by atoms with van der Waals surface area (Å²) in [7, 11) is 0.883. The van der Waals surface area contributed by atoms with Gasteiger partial charge in [-0.2, -0.15) is 4.39 Å². The molecule has 0 bridgehead atoms. The standard InChI is InChI=1S/C10H7F3O5/c1-3(14)18-8-4(10(15)16)5(11)6(12)7(13)9(8)17-2/h1-2H3,(H,15,16). The summed E-state index contributed by atoms with van der Waals surface area (Å²) in [6.45, 7) is 0.879. The lowest BCUT2D eigenvalue weighted by Gasteiger charge is -2.13. The first-order valence-electron chi connectivity index (χ1n) is 4.47. The molecule has 0 aliphatic rings. The van der Waals surface area contributed by atoms with E-state index in [1.165, 1.54) is 0 Å². The Morgan fingerprint density at radius 3 is 2.00 bits per heavy atom. The van der Waals surface area contributed by atoms with Crippen molar-refractivity contribution in [1.29, 1.82) is 0 Å². The lowest BCUT2D eigenvalue weighted by molar-refractivity contribution is -0.132. The van der Waals surface area contributed by atoms with Crippen LogP contribution < -0.4 is 9.47 Å². The summed E-state index contributed by atoms with van der Waals surface area (Å²) in [6.07, 6.45) is 0. The van der Waals surface area contributed by atoms with Crippen LogP contribution in [0.3, 0.4) is 0 Å². The summed E-state index contributed by atoms with van der Waals surface area (Å²) >= 11 is 0. The van der Waals surface area contributed by atoms with Gasteiger partial charge in [0.05, 0.1) is 7.11 Å². The van der Waals surface area contributed by atoms with Crippen LogP contribution in [0.15, 0.2) is 0 Å². The molecular formula is C10H7F3O5. The third-order valence-corrected chi connectivity index (χ3v) is 1.90. The minimum Gasteiger partial charge on any atom is -0.490 e. The Hall–Kier alpha value is -2.25. The fourth-order valence-electron chi connectivity index (χ4n) is 1.23. The van der Waals surface area contributed by atoms with E-state index in [4.69, 9.17) is 5.11 Å². The lowest BCUT2D eigenvalue weighted by Crippen LogP contribution is -2.14. The van der Waals surface area contributed by atoms with Crippen molar-refractivity contribution in [1.82, 2.24) is 0 Å². The quantitative estimate of drug-likeness (QED) is 0.511. The molecule has 0 heterocycles. The van der Waals surface area contributed by atoms with Crippen molar-refractivity contribution < 1.29 is 37.3 Å². The SMILES string of the molecule is COc1c(F)c(F)c(F)c(C(=O)O)c1OC(C)=O. The second-order valence-electron chi connectivity index (χ2n) is 3.08. The Morgan fingerprint density at radius 1 is 1.06 bits per heavy atom. The summed E-state index contributed by atoms with van der Waals surface area (Å²) in [6, 6.07) is 0. The van der Waals surface area contributed by atoms with E-state index in [0.717, 1.165) is 14.0 Å². The molecule has 0 aliphatic carbocycles. The van der Waals surface area contributed by atoms with E-state index in [1.54, 1.807) is 0 Å². The summed E-state index contributed by atoms with van der Waals surface area (Å²) in [4.78, 5) is 21.5. The second-order valence-corrected chi connectivity index (χ2v) is 3.08. The van der Waals surface area contributed by atoms with Crippen LogP contribution in [0, 0.1) is 17.5 Å². The zero-order valence-corrected chi connectivity index (χ0v) is 9.21. The lowest BCUT2D eigenvalue weighted by atomic mass is 10.1. The van der Waals surface area contributed by atoms with Crippen molar-refractivity contribution in [3.05, 3.63) is 23.0 Å². The van der Waals surface area contributed by atoms with Crippen molar-refractivity contribution in [2.75, 3.05) is 7.11 Å². The molecule has 98 valence electrons.